The summed E-state index contributed by atoms with van der Waals surface area (Å²) in [5.74, 6) is -0.259. The fourth-order valence-corrected chi connectivity index (χ4v) is 2.40. The molecule has 0 saturated heterocycles. The number of hydrogen-bond acceptors (Lipinski definition) is 4. The minimum Gasteiger partial charge on any atom is -0.466 e. The highest BCUT2D eigenvalue weighted by Crippen LogP contribution is 2.11. The van der Waals surface area contributed by atoms with E-state index >= 15 is 0 Å². The van der Waals surface area contributed by atoms with E-state index in [4.69, 9.17) is 4.74 Å². The molecule has 0 bridgehead atoms. The first-order valence-corrected chi connectivity index (χ1v) is 8.27. The molecule has 2 N–H and O–H groups in total. The fraction of sp³-hybridized carbons (Fsp3) is 0.316. The van der Waals surface area contributed by atoms with Crippen LogP contribution in [0.3, 0.4) is 0 Å². The number of urea groups is 1. The zero-order valence-corrected chi connectivity index (χ0v) is 14.5. The number of carbonyl (C=O) groups excluding carboxylic acids is 2. The van der Waals surface area contributed by atoms with Gasteiger partial charge in [0.2, 0.25) is 0 Å². The maximum atomic E-state index is 12.0. The summed E-state index contributed by atoms with van der Waals surface area (Å²) in [7, 11) is 0. The van der Waals surface area contributed by atoms with E-state index in [9.17, 15) is 9.59 Å². The number of nitrogens with one attached hydrogen (secondary N) is 2. The van der Waals surface area contributed by atoms with Gasteiger partial charge in [-0.25, -0.2) is 4.79 Å². The van der Waals surface area contributed by atoms with Gasteiger partial charge in [0.05, 0.1) is 13.0 Å². The Morgan fingerprint density at radius 2 is 1.92 bits per heavy atom. The van der Waals surface area contributed by atoms with E-state index in [2.05, 4.69) is 15.6 Å². The fourth-order valence-electron chi connectivity index (χ4n) is 2.40. The van der Waals surface area contributed by atoms with Crippen molar-refractivity contribution in [3.05, 3.63) is 59.9 Å². The molecule has 2 amide bonds. The molecule has 1 heterocycles. The topological polar surface area (TPSA) is 80.3 Å². The van der Waals surface area contributed by atoms with Gasteiger partial charge in [-0.1, -0.05) is 18.2 Å². The van der Waals surface area contributed by atoms with Crippen LogP contribution >= 0.6 is 0 Å². The maximum absolute atomic E-state index is 12.0. The second kappa shape index (κ2) is 9.42. The van der Waals surface area contributed by atoms with Crippen LogP contribution in [0.1, 0.15) is 25.0 Å². The monoisotopic (exact) mass is 341 g/mol. The van der Waals surface area contributed by atoms with Crippen LogP contribution in [0, 0.1) is 0 Å². The number of aromatic nitrogens is 1. The number of anilines is 1. The van der Waals surface area contributed by atoms with Crippen molar-refractivity contribution in [2.75, 3.05) is 11.9 Å². The van der Waals surface area contributed by atoms with Crippen LogP contribution in [0.4, 0.5) is 10.5 Å². The highest BCUT2D eigenvalue weighted by atomic mass is 16.5. The first-order chi connectivity index (χ1) is 12.1. The number of pyridine rings is 1. The lowest BCUT2D eigenvalue weighted by molar-refractivity contribution is -0.142. The van der Waals surface area contributed by atoms with E-state index in [1.807, 2.05) is 19.1 Å². The molecule has 1 aromatic heterocycles. The van der Waals surface area contributed by atoms with Gasteiger partial charge in [0.1, 0.15) is 0 Å². The Labute approximate surface area is 147 Å². The smallest absolute Gasteiger partial charge is 0.319 e. The Hall–Kier alpha value is -2.89. The largest absolute Gasteiger partial charge is 0.466 e. The van der Waals surface area contributed by atoms with Crippen molar-refractivity contribution in [3.8, 4) is 0 Å². The second-order valence-corrected chi connectivity index (χ2v) is 5.74. The molecule has 6 heteroatoms. The highest BCUT2D eigenvalue weighted by molar-refractivity contribution is 5.89. The molecule has 0 aliphatic carbocycles. The number of amides is 2. The van der Waals surface area contributed by atoms with Gasteiger partial charge in [-0.05, 0) is 49.6 Å². The second-order valence-electron chi connectivity index (χ2n) is 5.74. The zero-order chi connectivity index (χ0) is 18.1. The predicted molar refractivity (Wildman–Crippen MR) is 96.3 cm³/mol. The van der Waals surface area contributed by atoms with E-state index < -0.39 is 0 Å². The van der Waals surface area contributed by atoms with E-state index in [0.29, 0.717) is 18.7 Å². The van der Waals surface area contributed by atoms with Gasteiger partial charge in [-0.3, -0.25) is 9.78 Å². The van der Waals surface area contributed by atoms with Gasteiger partial charge >= 0.3 is 12.0 Å². The highest BCUT2D eigenvalue weighted by Gasteiger charge is 2.09. The average molecular weight is 341 g/mol. The molecule has 1 aromatic carbocycles. The normalized spacial score (nSPS) is 11.4. The molecule has 0 saturated carbocycles. The standard InChI is InChI=1S/C19H23N3O3/c1-3-25-18(23)12-15-6-8-17(9-7-15)22-19(24)21-14(2)11-16-5-4-10-20-13-16/h4-10,13-14H,3,11-12H2,1-2H3,(H2,21,22,24). The van der Waals surface area contributed by atoms with Gasteiger partial charge in [-0.2, -0.15) is 0 Å². The van der Waals surface area contributed by atoms with Gasteiger partial charge in [0, 0.05) is 24.1 Å². The van der Waals surface area contributed by atoms with Crippen LogP contribution in [-0.4, -0.2) is 29.6 Å². The van der Waals surface area contributed by atoms with Gasteiger partial charge in [0.15, 0.2) is 0 Å². The molecule has 0 aliphatic heterocycles. The summed E-state index contributed by atoms with van der Waals surface area (Å²) >= 11 is 0. The van der Waals surface area contributed by atoms with E-state index in [1.165, 1.54) is 0 Å². The van der Waals surface area contributed by atoms with Crippen molar-refractivity contribution in [2.45, 2.75) is 32.7 Å². The van der Waals surface area contributed by atoms with Crippen LogP contribution in [0.15, 0.2) is 48.8 Å². The van der Waals surface area contributed by atoms with Gasteiger partial charge in [0.25, 0.3) is 0 Å². The third kappa shape index (κ3) is 6.63. The maximum Gasteiger partial charge on any atom is 0.319 e. The number of ether oxygens (including phenoxy) is 1. The molecule has 2 rings (SSSR count). The lowest BCUT2D eigenvalue weighted by atomic mass is 10.1. The molecule has 0 spiro atoms. The summed E-state index contributed by atoms with van der Waals surface area (Å²) in [4.78, 5) is 27.6. The molecule has 0 radical (unpaired) electrons. The van der Waals surface area contributed by atoms with Crippen molar-refractivity contribution in [2.24, 2.45) is 0 Å². The van der Waals surface area contributed by atoms with Crippen LogP contribution in [0.25, 0.3) is 0 Å². The van der Waals surface area contributed by atoms with Crippen molar-refractivity contribution < 1.29 is 14.3 Å². The number of esters is 1. The number of nitrogens with zero attached hydrogens (tertiary/aromatic N) is 1. The molecule has 132 valence electrons. The molecular formula is C19H23N3O3. The molecule has 25 heavy (non-hydrogen) atoms. The van der Waals surface area contributed by atoms with E-state index in [-0.39, 0.29) is 24.5 Å². The van der Waals surface area contributed by atoms with Crippen molar-refractivity contribution in [1.82, 2.24) is 10.3 Å². The Morgan fingerprint density at radius 1 is 1.16 bits per heavy atom. The summed E-state index contributed by atoms with van der Waals surface area (Å²) in [5.41, 5.74) is 2.58. The molecule has 0 fully saturated rings. The van der Waals surface area contributed by atoms with Gasteiger partial charge < -0.3 is 15.4 Å². The Bertz CT molecular complexity index is 687. The number of rotatable bonds is 7. The molecule has 1 atom stereocenters. The third-order valence-electron chi connectivity index (χ3n) is 3.51. The quantitative estimate of drug-likeness (QED) is 0.759. The number of benzene rings is 1. The van der Waals surface area contributed by atoms with Crippen LogP contribution in [0.2, 0.25) is 0 Å². The van der Waals surface area contributed by atoms with E-state index in [1.54, 1.807) is 43.6 Å². The SMILES string of the molecule is CCOC(=O)Cc1ccc(NC(=O)NC(C)Cc2cccnc2)cc1. The summed E-state index contributed by atoms with van der Waals surface area (Å²) in [6.45, 7) is 4.09. The first kappa shape index (κ1) is 18.4. The summed E-state index contributed by atoms with van der Waals surface area (Å²) in [6, 6.07) is 10.7. The Kier molecular flexibility index (Phi) is 6.95. The third-order valence-corrected chi connectivity index (χ3v) is 3.51. The number of carbonyl (C=O) groups is 2. The molecule has 0 aliphatic rings. The lowest BCUT2D eigenvalue weighted by Crippen LogP contribution is -2.37. The summed E-state index contributed by atoms with van der Waals surface area (Å²) < 4.78 is 4.91. The van der Waals surface area contributed by atoms with E-state index in [0.717, 1.165) is 11.1 Å². The van der Waals surface area contributed by atoms with Crippen LogP contribution in [-0.2, 0) is 22.4 Å². The van der Waals surface area contributed by atoms with Crippen LogP contribution in [0.5, 0.6) is 0 Å². The minimum absolute atomic E-state index is 0.0210. The Balaban J connectivity index is 1.80. The molecule has 1 unspecified atom stereocenters. The summed E-state index contributed by atoms with van der Waals surface area (Å²) in [6.07, 6.45) is 4.44. The van der Waals surface area contributed by atoms with Crippen molar-refractivity contribution >= 4 is 17.7 Å². The zero-order valence-electron chi connectivity index (χ0n) is 14.5. The minimum atomic E-state index is -0.269. The summed E-state index contributed by atoms with van der Waals surface area (Å²) in [5, 5.41) is 5.67. The Morgan fingerprint density at radius 3 is 2.56 bits per heavy atom. The van der Waals surface area contributed by atoms with Crippen molar-refractivity contribution in [1.29, 1.82) is 0 Å². The van der Waals surface area contributed by atoms with Crippen molar-refractivity contribution in [3.63, 3.8) is 0 Å². The molecule has 2 aromatic rings. The first-order valence-electron chi connectivity index (χ1n) is 8.27. The van der Waals surface area contributed by atoms with Gasteiger partial charge in [-0.15, -0.1) is 0 Å². The molecule has 6 nitrogen and oxygen atoms in total. The average Bonchev–Trinajstić information content (AvgIpc) is 2.57. The predicted octanol–water partition coefficient (Wildman–Crippen LogP) is 2.94. The molecular weight excluding hydrogens is 318 g/mol. The number of hydrogen-bond donors (Lipinski definition) is 2. The van der Waals surface area contributed by atoms with Crippen LogP contribution < -0.4 is 10.6 Å². The lowest BCUT2D eigenvalue weighted by Gasteiger charge is -2.14.